The molecule has 0 saturated carbocycles. The lowest BCUT2D eigenvalue weighted by molar-refractivity contribution is 0.0699. The van der Waals surface area contributed by atoms with E-state index in [0.717, 1.165) is 0 Å². The maximum absolute atomic E-state index is 14.0. The molecule has 5 nitrogen and oxygen atoms in total. The predicted octanol–water partition coefficient (Wildman–Crippen LogP) is 3.00. The zero-order valence-electron chi connectivity index (χ0n) is 9.92. The summed E-state index contributed by atoms with van der Waals surface area (Å²) >= 11 is 3.19. The molecule has 20 heavy (non-hydrogen) atoms. The third kappa shape index (κ3) is 1.96. The maximum Gasteiger partial charge on any atom is 0.341 e. The van der Waals surface area contributed by atoms with Crippen LogP contribution in [0.1, 0.15) is 10.4 Å². The van der Waals surface area contributed by atoms with Gasteiger partial charge in [-0.15, -0.1) is 0 Å². The van der Waals surface area contributed by atoms with E-state index in [4.69, 9.17) is 5.11 Å². The van der Waals surface area contributed by atoms with Crippen LogP contribution in [0.4, 0.5) is 4.39 Å². The minimum absolute atomic E-state index is 0.0237. The second kappa shape index (κ2) is 4.68. The van der Waals surface area contributed by atoms with E-state index in [2.05, 4.69) is 26.0 Å². The van der Waals surface area contributed by atoms with E-state index in [0.29, 0.717) is 15.7 Å². The molecule has 3 rings (SSSR count). The van der Waals surface area contributed by atoms with Gasteiger partial charge in [0.05, 0.1) is 11.9 Å². The van der Waals surface area contributed by atoms with Crippen molar-refractivity contribution in [1.29, 1.82) is 0 Å². The molecular formula is C13H7BrFN3O2. The second-order valence-electron chi connectivity index (χ2n) is 4.05. The molecular weight excluding hydrogens is 329 g/mol. The first-order valence-corrected chi connectivity index (χ1v) is 6.38. The van der Waals surface area contributed by atoms with Crippen LogP contribution in [0.3, 0.4) is 0 Å². The Hall–Kier alpha value is -2.28. The summed E-state index contributed by atoms with van der Waals surface area (Å²) in [5.74, 6) is -1.56. The van der Waals surface area contributed by atoms with Gasteiger partial charge in [-0.25, -0.2) is 18.7 Å². The van der Waals surface area contributed by atoms with Crippen molar-refractivity contribution in [1.82, 2.24) is 14.6 Å². The molecule has 7 heteroatoms. The minimum Gasteiger partial charge on any atom is -0.477 e. The van der Waals surface area contributed by atoms with Gasteiger partial charge in [0.1, 0.15) is 11.4 Å². The molecule has 0 unspecified atom stereocenters. The zero-order valence-corrected chi connectivity index (χ0v) is 11.5. The fourth-order valence-electron chi connectivity index (χ4n) is 1.94. The van der Waals surface area contributed by atoms with E-state index in [1.54, 1.807) is 18.2 Å². The third-order valence-corrected chi connectivity index (χ3v) is 3.33. The lowest BCUT2D eigenvalue weighted by atomic mass is 10.1. The number of nitrogens with zero attached hydrogens (tertiary/aromatic N) is 3. The number of rotatable bonds is 2. The lowest BCUT2D eigenvalue weighted by Crippen LogP contribution is -2.00. The standard InChI is InChI=1S/C13H7BrFN3O2/c14-7-1-2-8(10(15)5-7)11-3-4-16-12-9(13(19)20)6-17-18(11)12/h1-6H,(H,19,20). The fraction of sp³-hybridized carbons (Fsp3) is 0. The van der Waals surface area contributed by atoms with Crippen LogP contribution < -0.4 is 0 Å². The van der Waals surface area contributed by atoms with Crippen molar-refractivity contribution in [3.8, 4) is 11.3 Å². The van der Waals surface area contributed by atoms with Crippen molar-refractivity contribution >= 4 is 27.5 Å². The molecule has 2 aromatic heterocycles. The molecule has 0 aliphatic rings. The van der Waals surface area contributed by atoms with E-state index < -0.39 is 11.8 Å². The summed E-state index contributed by atoms with van der Waals surface area (Å²) in [7, 11) is 0. The monoisotopic (exact) mass is 335 g/mol. The van der Waals surface area contributed by atoms with Crippen LogP contribution in [-0.4, -0.2) is 25.7 Å². The van der Waals surface area contributed by atoms with Gasteiger partial charge in [-0.05, 0) is 24.3 Å². The van der Waals surface area contributed by atoms with E-state index >= 15 is 0 Å². The van der Waals surface area contributed by atoms with Crippen molar-refractivity contribution in [3.63, 3.8) is 0 Å². The van der Waals surface area contributed by atoms with Gasteiger partial charge in [0, 0.05) is 16.2 Å². The number of carboxylic acids is 1. The van der Waals surface area contributed by atoms with Gasteiger partial charge in [-0.3, -0.25) is 0 Å². The quantitative estimate of drug-likeness (QED) is 0.781. The molecule has 2 heterocycles. The number of hydrogen-bond donors (Lipinski definition) is 1. The fourth-order valence-corrected chi connectivity index (χ4v) is 2.28. The molecule has 100 valence electrons. The van der Waals surface area contributed by atoms with Gasteiger partial charge in [0.25, 0.3) is 0 Å². The summed E-state index contributed by atoms with van der Waals surface area (Å²) in [5, 5.41) is 13.0. The molecule has 0 saturated heterocycles. The first-order chi connectivity index (χ1) is 9.58. The van der Waals surface area contributed by atoms with Crippen LogP contribution in [0.2, 0.25) is 0 Å². The van der Waals surface area contributed by atoms with Gasteiger partial charge in [-0.1, -0.05) is 15.9 Å². The van der Waals surface area contributed by atoms with Crippen LogP contribution in [0.25, 0.3) is 16.9 Å². The van der Waals surface area contributed by atoms with Gasteiger partial charge >= 0.3 is 5.97 Å². The number of halogens is 2. The lowest BCUT2D eigenvalue weighted by Gasteiger charge is -2.06. The Morgan fingerprint density at radius 2 is 2.15 bits per heavy atom. The Balaban J connectivity index is 2.29. The molecule has 0 aliphatic carbocycles. The Labute approximate surface area is 120 Å². The van der Waals surface area contributed by atoms with Gasteiger partial charge in [0.15, 0.2) is 5.65 Å². The van der Waals surface area contributed by atoms with Crippen LogP contribution in [0.5, 0.6) is 0 Å². The summed E-state index contributed by atoms with van der Waals surface area (Å²) in [4.78, 5) is 15.0. The SMILES string of the molecule is O=C(O)c1cnn2c(-c3ccc(Br)cc3F)ccnc12. The second-order valence-corrected chi connectivity index (χ2v) is 4.97. The van der Waals surface area contributed by atoms with E-state index in [1.165, 1.54) is 23.0 Å². The molecule has 0 spiro atoms. The molecule has 0 aliphatic heterocycles. The summed E-state index contributed by atoms with van der Waals surface area (Å²) in [6.45, 7) is 0. The first kappa shape index (κ1) is 12.7. The smallest absolute Gasteiger partial charge is 0.341 e. The summed E-state index contributed by atoms with van der Waals surface area (Å²) in [6, 6.07) is 6.21. The van der Waals surface area contributed by atoms with E-state index in [-0.39, 0.29) is 11.2 Å². The zero-order chi connectivity index (χ0) is 14.3. The van der Waals surface area contributed by atoms with Crippen LogP contribution in [0.15, 0.2) is 41.1 Å². The molecule has 3 aromatic rings. The molecule has 1 N–H and O–H groups in total. The van der Waals surface area contributed by atoms with Crippen molar-refractivity contribution in [3.05, 3.63) is 52.5 Å². The average Bonchev–Trinajstić information content (AvgIpc) is 2.82. The van der Waals surface area contributed by atoms with E-state index in [1.807, 2.05) is 0 Å². The highest BCUT2D eigenvalue weighted by atomic mass is 79.9. The van der Waals surface area contributed by atoms with Gasteiger partial charge in [0.2, 0.25) is 0 Å². The molecule has 1 aromatic carbocycles. The number of benzene rings is 1. The third-order valence-electron chi connectivity index (χ3n) is 2.84. The highest BCUT2D eigenvalue weighted by Crippen LogP contribution is 2.26. The number of carbonyl (C=O) groups is 1. The topological polar surface area (TPSA) is 67.5 Å². The maximum atomic E-state index is 14.0. The largest absolute Gasteiger partial charge is 0.477 e. The minimum atomic E-state index is -1.12. The van der Waals surface area contributed by atoms with Crippen molar-refractivity contribution in [2.45, 2.75) is 0 Å². The number of carboxylic acid groups (broad SMARTS) is 1. The van der Waals surface area contributed by atoms with Crippen LogP contribution in [0, 0.1) is 5.82 Å². The van der Waals surface area contributed by atoms with Gasteiger partial charge < -0.3 is 5.11 Å². The molecule has 0 radical (unpaired) electrons. The number of aromatic nitrogens is 3. The Morgan fingerprint density at radius 1 is 1.35 bits per heavy atom. The normalized spacial score (nSPS) is 10.9. The highest BCUT2D eigenvalue weighted by Gasteiger charge is 2.16. The molecule has 0 fully saturated rings. The van der Waals surface area contributed by atoms with Crippen LogP contribution in [-0.2, 0) is 0 Å². The van der Waals surface area contributed by atoms with E-state index in [9.17, 15) is 9.18 Å². The number of hydrogen-bond acceptors (Lipinski definition) is 3. The molecule has 0 atom stereocenters. The van der Waals surface area contributed by atoms with Crippen molar-refractivity contribution < 1.29 is 14.3 Å². The summed E-state index contributed by atoms with van der Waals surface area (Å²) < 4.78 is 16.0. The molecule has 0 amide bonds. The predicted molar refractivity (Wildman–Crippen MR) is 73.0 cm³/mol. The average molecular weight is 336 g/mol. The van der Waals surface area contributed by atoms with Crippen LogP contribution >= 0.6 is 15.9 Å². The Morgan fingerprint density at radius 3 is 2.85 bits per heavy atom. The highest BCUT2D eigenvalue weighted by molar-refractivity contribution is 9.10. The summed E-state index contributed by atoms with van der Waals surface area (Å²) in [5.41, 5.74) is 0.912. The van der Waals surface area contributed by atoms with Crippen molar-refractivity contribution in [2.24, 2.45) is 0 Å². The summed E-state index contributed by atoms with van der Waals surface area (Å²) in [6.07, 6.45) is 2.63. The van der Waals surface area contributed by atoms with Gasteiger partial charge in [-0.2, -0.15) is 5.10 Å². The molecule has 0 bridgehead atoms. The Bertz CT molecular complexity index is 832. The van der Waals surface area contributed by atoms with Crippen molar-refractivity contribution in [2.75, 3.05) is 0 Å². The number of aromatic carboxylic acids is 1. The Kier molecular flexibility index (Phi) is 2.98. The first-order valence-electron chi connectivity index (χ1n) is 5.59. The number of fused-ring (bicyclic) bond motifs is 1.